The molecule has 0 amide bonds. The second kappa shape index (κ2) is 3.11. The minimum absolute atomic E-state index is 0.0323. The maximum Gasteiger partial charge on any atom is 0.464 e. The Morgan fingerprint density at radius 3 is 1.89 bits per heavy atom. The van der Waals surface area contributed by atoms with Crippen molar-refractivity contribution in [2.45, 2.75) is 76.3 Å². The summed E-state index contributed by atoms with van der Waals surface area (Å²) in [5.74, 6) is 1.13. The summed E-state index contributed by atoms with van der Waals surface area (Å²) < 4.78 is 12.4. The average Bonchev–Trinajstić information content (AvgIpc) is 2.28. The van der Waals surface area contributed by atoms with Gasteiger partial charge in [0.25, 0.3) is 0 Å². The highest BCUT2D eigenvalue weighted by molar-refractivity contribution is 6.51. The van der Waals surface area contributed by atoms with Crippen LogP contribution in [0, 0.1) is 11.3 Å². The molecule has 104 valence electrons. The predicted octanol–water partition coefficient (Wildman–Crippen LogP) is 2.98. The number of hydrogen-bond acceptors (Lipinski definition) is 3. The lowest BCUT2D eigenvalue weighted by Crippen LogP contribution is -2.68. The topological polar surface area (TPSA) is 35.5 Å². The fourth-order valence-corrected chi connectivity index (χ4v) is 4.65. The average molecular weight is 262 g/mol. The molecule has 1 saturated heterocycles. The van der Waals surface area contributed by atoms with Gasteiger partial charge >= 0.3 is 7.12 Å². The normalized spacial score (nSPS) is 46.5. The van der Waals surface area contributed by atoms with Gasteiger partial charge in [-0.15, -0.1) is 0 Å². The van der Waals surface area contributed by atoms with E-state index >= 15 is 0 Å². The Morgan fingerprint density at radius 1 is 1.00 bits per heavy atom. The van der Waals surface area contributed by atoms with E-state index in [0.717, 1.165) is 12.8 Å². The molecule has 4 heteroatoms. The van der Waals surface area contributed by atoms with Crippen molar-refractivity contribution in [1.29, 1.82) is 0 Å². The van der Waals surface area contributed by atoms with Gasteiger partial charge in [0.1, 0.15) is 5.78 Å². The third kappa shape index (κ3) is 1.35. The van der Waals surface area contributed by atoms with Crippen molar-refractivity contribution in [3.63, 3.8) is 0 Å². The van der Waals surface area contributed by atoms with Crippen LogP contribution in [-0.2, 0) is 14.1 Å². The largest absolute Gasteiger partial charge is 0.464 e. The molecular formula is C15H23BO3. The first-order valence-corrected chi connectivity index (χ1v) is 7.56. The summed E-state index contributed by atoms with van der Waals surface area (Å²) in [7, 11) is -0.0323. The highest BCUT2D eigenvalue weighted by Crippen LogP contribution is 2.84. The number of hydrogen-bond donors (Lipinski definition) is 0. The third-order valence-electron chi connectivity index (χ3n) is 6.68. The van der Waals surface area contributed by atoms with Gasteiger partial charge in [0.05, 0.1) is 11.2 Å². The second-order valence-electron chi connectivity index (χ2n) is 8.49. The van der Waals surface area contributed by atoms with Crippen LogP contribution in [0.15, 0.2) is 0 Å². The molecule has 1 aliphatic heterocycles. The van der Waals surface area contributed by atoms with E-state index in [9.17, 15) is 4.79 Å². The van der Waals surface area contributed by atoms with Crippen LogP contribution in [0.2, 0.25) is 5.31 Å². The zero-order valence-corrected chi connectivity index (χ0v) is 12.4. The Hall–Kier alpha value is -0.345. The molecule has 1 heterocycles. The fraction of sp³-hybridized carbons (Fsp3) is 0.933. The predicted molar refractivity (Wildman–Crippen MR) is 72.8 cm³/mol. The zero-order valence-electron chi connectivity index (χ0n) is 12.4. The zero-order chi connectivity index (χ0) is 13.7. The van der Waals surface area contributed by atoms with Crippen molar-refractivity contribution in [3.8, 4) is 0 Å². The molecule has 19 heavy (non-hydrogen) atoms. The van der Waals surface area contributed by atoms with Crippen LogP contribution >= 0.6 is 0 Å². The first kappa shape index (κ1) is 12.4. The van der Waals surface area contributed by atoms with Crippen LogP contribution in [0.4, 0.5) is 0 Å². The van der Waals surface area contributed by atoms with Crippen molar-refractivity contribution in [2.24, 2.45) is 11.3 Å². The highest BCUT2D eigenvalue weighted by Gasteiger charge is 2.78. The van der Waals surface area contributed by atoms with Crippen LogP contribution in [0.3, 0.4) is 0 Å². The molecule has 5 fully saturated rings. The molecule has 3 nitrogen and oxygen atoms in total. The van der Waals surface area contributed by atoms with Crippen LogP contribution < -0.4 is 0 Å². The molecule has 0 spiro atoms. The van der Waals surface area contributed by atoms with Gasteiger partial charge in [-0.05, 0) is 58.3 Å². The molecule has 2 bridgehead atoms. The number of ketones is 1. The lowest BCUT2D eigenvalue weighted by molar-refractivity contribution is -0.178. The van der Waals surface area contributed by atoms with Crippen molar-refractivity contribution in [3.05, 3.63) is 0 Å². The molecule has 0 atom stereocenters. The molecule has 0 N–H and O–H groups in total. The van der Waals surface area contributed by atoms with Crippen molar-refractivity contribution in [2.75, 3.05) is 0 Å². The Labute approximate surface area is 115 Å². The van der Waals surface area contributed by atoms with E-state index in [2.05, 4.69) is 27.7 Å². The second-order valence-corrected chi connectivity index (χ2v) is 8.49. The van der Waals surface area contributed by atoms with E-state index in [1.807, 2.05) is 0 Å². The maximum atomic E-state index is 11.2. The van der Waals surface area contributed by atoms with Gasteiger partial charge < -0.3 is 9.31 Å². The van der Waals surface area contributed by atoms with Gasteiger partial charge in [0.15, 0.2) is 0 Å². The SMILES string of the molecule is CC1(C)OB(C23CC(C4CC(=O)C4)(C2)C3)OC1(C)C. The maximum absolute atomic E-state index is 11.2. The molecular weight excluding hydrogens is 239 g/mol. The van der Waals surface area contributed by atoms with Gasteiger partial charge in [-0.3, -0.25) is 4.79 Å². The summed E-state index contributed by atoms with van der Waals surface area (Å²) in [5, 5.41) is 0.268. The highest BCUT2D eigenvalue weighted by atomic mass is 16.7. The van der Waals surface area contributed by atoms with E-state index in [-0.39, 0.29) is 23.6 Å². The Morgan fingerprint density at radius 2 is 1.47 bits per heavy atom. The van der Waals surface area contributed by atoms with Gasteiger partial charge in [0, 0.05) is 18.2 Å². The summed E-state index contributed by atoms with van der Waals surface area (Å²) >= 11 is 0. The minimum Gasteiger partial charge on any atom is -0.403 e. The van der Waals surface area contributed by atoms with Crippen molar-refractivity contribution < 1.29 is 14.1 Å². The van der Waals surface area contributed by atoms with Crippen LogP contribution in [0.5, 0.6) is 0 Å². The van der Waals surface area contributed by atoms with E-state index in [4.69, 9.17) is 9.31 Å². The van der Waals surface area contributed by atoms with E-state index < -0.39 is 0 Å². The first-order chi connectivity index (χ1) is 8.68. The minimum atomic E-state index is -0.216. The molecule has 0 aromatic heterocycles. The standard InChI is InChI=1S/C15H23BO3/c1-12(2)13(3,4)19-16(18-12)15-7-14(8-15,9-15)10-5-11(17)6-10/h10H,5-9H2,1-4H3. The number of rotatable bonds is 2. The third-order valence-corrected chi connectivity index (χ3v) is 6.68. The van der Waals surface area contributed by atoms with Crippen molar-refractivity contribution in [1.82, 2.24) is 0 Å². The monoisotopic (exact) mass is 262 g/mol. The van der Waals surface area contributed by atoms with E-state index in [0.29, 0.717) is 17.1 Å². The molecule has 5 aliphatic rings. The summed E-state index contributed by atoms with van der Waals surface area (Å²) in [5.41, 5.74) is 0.0525. The smallest absolute Gasteiger partial charge is 0.403 e. The molecule has 4 saturated carbocycles. The van der Waals surface area contributed by atoms with Crippen LogP contribution in [0.25, 0.3) is 0 Å². The summed E-state index contributed by atoms with van der Waals surface area (Å²) in [6.07, 6.45) is 5.32. The van der Waals surface area contributed by atoms with Gasteiger partial charge in [-0.25, -0.2) is 0 Å². The number of carbonyl (C=O) groups excluding carboxylic acids is 1. The van der Waals surface area contributed by atoms with E-state index in [1.54, 1.807) is 0 Å². The number of carbonyl (C=O) groups is 1. The van der Waals surface area contributed by atoms with E-state index in [1.165, 1.54) is 19.3 Å². The lowest BCUT2D eigenvalue weighted by atomic mass is 9.21. The first-order valence-electron chi connectivity index (χ1n) is 7.56. The molecule has 0 aromatic carbocycles. The molecule has 0 radical (unpaired) electrons. The Balaban J connectivity index is 1.44. The fourth-order valence-electron chi connectivity index (χ4n) is 4.65. The summed E-state index contributed by atoms with van der Waals surface area (Å²) in [4.78, 5) is 11.2. The van der Waals surface area contributed by atoms with Crippen LogP contribution in [-0.4, -0.2) is 24.1 Å². The quantitative estimate of drug-likeness (QED) is 0.718. The van der Waals surface area contributed by atoms with Crippen molar-refractivity contribution >= 4 is 12.9 Å². The van der Waals surface area contributed by atoms with Gasteiger partial charge in [-0.1, -0.05) is 0 Å². The number of Topliss-reactive ketones (excluding diaryl/α,β-unsaturated/α-hetero) is 1. The van der Waals surface area contributed by atoms with Gasteiger partial charge in [-0.2, -0.15) is 0 Å². The van der Waals surface area contributed by atoms with Crippen LogP contribution in [0.1, 0.15) is 59.8 Å². The summed E-state index contributed by atoms with van der Waals surface area (Å²) in [6.45, 7) is 8.50. The lowest BCUT2D eigenvalue weighted by Gasteiger charge is -2.74. The molecule has 5 rings (SSSR count). The summed E-state index contributed by atoms with van der Waals surface area (Å²) in [6, 6.07) is 0. The molecule has 4 aliphatic carbocycles. The Bertz CT molecular complexity index is 424. The molecule has 0 unspecified atom stereocenters. The van der Waals surface area contributed by atoms with Gasteiger partial charge in [0.2, 0.25) is 0 Å². The Kier molecular flexibility index (Phi) is 2.03. The molecule has 0 aromatic rings.